The summed E-state index contributed by atoms with van der Waals surface area (Å²) in [5.41, 5.74) is 1.70. The molecule has 2 nitrogen and oxygen atoms in total. The smallest absolute Gasteiger partial charge is 0.200 e. The predicted molar refractivity (Wildman–Crippen MR) is 87.0 cm³/mol. The topological polar surface area (TPSA) is 29.5 Å². The van der Waals surface area contributed by atoms with Gasteiger partial charge in [-0.15, -0.1) is 0 Å². The lowest BCUT2D eigenvalue weighted by Gasteiger charge is -2.42. The summed E-state index contributed by atoms with van der Waals surface area (Å²) in [6.45, 7) is 18.1. The van der Waals surface area contributed by atoms with Gasteiger partial charge < -0.3 is 9.53 Å². The van der Waals surface area contributed by atoms with E-state index in [0.29, 0.717) is 23.2 Å². The maximum atomic E-state index is 10.2. The summed E-state index contributed by atoms with van der Waals surface area (Å²) in [5.74, 6) is 0.156. The van der Waals surface area contributed by atoms with Crippen LogP contribution in [0.25, 0.3) is 0 Å². The fraction of sp³-hybridized carbons (Fsp3) is 0.875. The Labute approximate surface area is 121 Å². The highest BCUT2D eigenvalue weighted by Crippen LogP contribution is 2.42. The molecule has 114 valence electrons. The molecule has 0 aliphatic heterocycles. The van der Waals surface area contributed by atoms with Crippen LogP contribution in [-0.2, 0) is 4.43 Å². The molecule has 0 radical (unpaired) electrons. The predicted octanol–water partition coefficient (Wildman–Crippen LogP) is 4.75. The van der Waals surface area contributed by atoms with Crippen molar-refractivity contribution in [2.45, 2.75) is 78.1 Å². The van der Waals surface area contributed by atoms with Gasteiger partial charge in [0, 0.05) is 5.92 Å². The Hall–Kier alpha value is -0.123. The van der Waals surface area contributed by atoms with Crippen molar-refractivity contribution in [2.24, 2.45) is 5.92 Å². The maximum Gasteiger partial charge on any atom is 0.200 e. The van der Waals surface area contributed by atoms with Crippen molar-refractivity contribution in [3.63, 3.8) is 0 Å². The molecule has 0 rings (SSSR count). The zero-order valence-corrected chi connectivity index (χ0v) is 15.1. The second-order valence-electron chi connectivity index (χ2n) is 6.58. The number of rotatable bonds is 8. The summed E-state index contributed by atoms with van der Waals surface area (Å²) in [6.07, 6.45) is 3.63. The van der Waals surface area contributed by atoms with Crippen molar-refractivity contribution in [3.05, 3.63) is 12.2 Å². The second-order valence-corrected chi connectivity index (χ2v) is 12.0. The lowest BCUT2D eigenvalue weighted by molar-refractivity contribution is 0.0710. The first-order valence-corrected chi connectivity index (χ1v) is 9.78. The average molecular weight is 287 g/mol. The minimum absolute atomic E-state index is 0.156. The van der Waals surface area contributed by atoms with E-state index in [4.69, 9.17) is 4.43 Å². The molecule has 0 aromatic carbocycles. The largest absolute Gasteiger partial charge is 0.413 e. The third-order valence-corrected chi connectivity index (χ3v) is 10.4. The van der Waals surface area contributed by atoms with Crippen molar-refractivity contribution in [3.8, 4) is 0 Å². The molecule has 2 atom stereocenters. The molecule has 0 bridgehead atoms. The Morgan fingerprint density at radius 1 is 0.947 bits per heavy atom. The number of aliphatic hydroxyl groups excluding tert-OH is 1. The van der Waals surface area contributed by atoms with Crippen LogP contribution in [0.1, 0.15) is 55.4 Å². The highest BCUT2D eigenvalue weighted by atomic mass is 28.4. The van der Waals surface area contributed by atoms with E-state index in [-0.39, 0.29) is 5.92 Å². The van der Waals surface area contributed by atoms with Crippen molar-refractivity contribution >= 4 is 8.32 Å². The van der Waals surface area contributed by atoms with Crippen molar-refractivity contribution in [2.75, 3.05) is 6.61 Å². The van der Waals surface area contributed by atoms with E-state index >= 15 is 0 Å². The van der Waals surface area contributed by atoms with Gasteiger partial charge in [0.15, 0.2) is 8.32 Å². The lowest BCUT2D eigenvalue weighted by Crippen LogP contribution is -2.49. The van der Waals surface area contributed by atoms with E-state index in [0.717, 1.165) is 0 Å². The van der Waals surface area contributed by atoms with Crippen LogP contribution in [-0.4, -0.2) is 26.1 Å². The Kier molecular flexibility index (Phi) is 8.17. The van der Waals surface area contributed by atoms with E-state index < -0.39 is 14.4 Å². The summed E-state index contributed by atoms with van der Waals surface area (Å²) in [4.78, 5) is 0. The van der Waals surface area contributed by atoms with Crippen LogP contribution in [0.5, 0.6) is 0 Å². The van der Waals surface area contributed by atoms with Gasteiger partial charge in [-0.25, -0.2) is 0 Å². The van der Waals surface area contributed by atoms with Crippen LogP contribution in [0.2, 0.25) is 16.6 Å². The van der Waals surface area contributed by atoms with E-state index in [9.17, 15) is 5.11 Å². The number of hydrogen-bond acceptors (Lipinski definition) is 2. The van der Waals surface area contributed by atoms with Gasteiger partial charge in [-0.2, -0.15) is 0 Å². The summed E-state index contributed by atoms with van der Waals surface area (Å²) < 4.78 is 6.40. The van der Waals surface area contributed by atoms with E-state index in [1.165, 1.54) is 0 Å². The number of allylic oxidation sites excluding steroid dienone is 1. The normalized spacial score (nSPS) is 16.8. The molecule has 0 unspecified atom stereocenters. The van der Waals surface area contributed by atoms with Crippen molar-refractivity contribution < 1.29 is 9.53 Å². The van der Waals surface area contributed by atoms with Crippen LogP contribution in [0.3, 0.4) is 0 Å². The van der Waals surface area contributed by atoms with Crippen LogP contribution < -0.4 is 0 Å². The fourth-order valence-electron chi connectivity index (χ4n) is 3.31. The number of hydrogen-bond donors (Lipinski definition) is 1. The molecule has 0 aliphatic carbocycles. The van der Waals surface area contributed by atoms with Crippen LogP contribution in [0.4, 0.5) is 0 Å². The van der Waals surface area contributed by atoms with Gasteiger partial charge in [0.25, 0.3) is 0 Å². The first-order chi connectivity index (χ1) is 8.70. The Balaban J connectivity index is 4.86. The van der Waals surface area contributed by atoms with Crippen LogP contribution in [0.15, 0.2) is 12.2 Å². The SMILES string of the molecule is C/C=C/[C@@H](C)[C@H](O)CO[Si](C(C)C)(C(C)C)C(C)C. The standard InChI is InChI=1S/C16H34O2Si/c1-9-10-15(8)16(17)11-18-19(12(2)3,13(4)5)14(6)7/h9-10,12-17H,11H2,1-8H3/b10-9+/t15-,16-/m1/s1. The minimum Gasteiger partial charge on any atom is -0.413 e. The molecule has 0 saturated carbocycles. The first-order valence-electron chi connectivity index (χ1n) is 7.64. The summed E-state index contributed by atoms with van der Waals surface area (Å²) >= 11 is 0. The first kappa shape index (κ1) is 18.9. The quantitative estimate of drug-likeness (QED) is 0.515. The summed E-state index contributed by atoms with van der Waals surface area (Å²) in [5, 5.41) is 10.2. The average Bonchev–Trinajstić information content (AvgIpc) is 2.28. The van der Waals surface area contributed by atoms with E-state index in [2.05, 4.69) is 41.5 Å². The number of aliphatic hydroxyl groups is 1. The molecule has 0 heterocycles. The van der Waals surface area contributed by atoms with Gasteiger partial charge >= 0.3 is 0 Å². The maximum absolute atomic E-state index is 10.2. The molecule has 1 N–H and O–H groups in total. The Bertz CT molecular complexity index is 250. The van der Waals surface area contributed by atoms with Crippen molar-refractivity contribution in [1.29, 1.82) is 0 Å². The highest BCUT2D eigenvalue weighted by Gasteiger charge is 2.45. The van der Waals surface area contributed by atoms with Gasteiger partial charge in [0.05, 0.1) is 12.7 Å². The summed E-state index contributed by atoms with van der Waals surface area (Å²) in [6, 6.07) is 0. The zero-order chi connectivity index (χ0) is 15.2. The fourth-order valence-corrected chi connectivity index (χ4v) is 8.77. The molecule has 0 aromatic rings. The highest BCUT2D eigenvalue weighted by molar-refractivity contribution is 6.77. The van der Waals surface area contributed by atoms with Crippen LogP contribution >= 0.6 is 0 Å². The lowest BCUT2D eigenvalue weighted by atomic mass is 10.1. The van der Waals surface area contributed by atoms with Gasteiger partial charge in [0.2, 0.25) is 0 Å². The minimum atomic E-state index is -1.84. The molecule has 0 aromatic heterocycles. The Morgan fingerprint density at radius 2 is 1.37 bits per heavy atom. The molecular weight excluding hydrogens is 252 g/mol. The van der Waals surface area contributed by atoms with Gasteiger partial charge in [-0.3, -0.25) is 0 Å². The van der Waals surface area contributed by atoms with E-state index in [1.54, 1.807) is 0 Å². The summed E-state index contributed by atoms with van der Waals surface area (Å²) in [7, 11) is -1.84. The van der Waals surface area contributed by atoms with Gasteiger partial charge in [-0.1, -0.05) is 60.6 Å². The van der Waals surface area contributed by atoms with Crippen molar-refractivity contribution in [1.82, 2.24) is 0 Å². The Morgan fingerprint density at radius 3 is 1.68 bits per heavy atom. The second kappa shape index (κ2) is 8.23. The molecule has 0 amide bonds. The van der Waals surface area contributed by atoms with Gasteiger partial charge in [0.1, 0.15) is 0 Å². The zero-order valence-electron chi connectivity index (χ0n) is 14.1. The van der Waals surface area contributed by atoms with Gasteiger partial charge in [-0.05, 0) is 23.5 Å². The van der Waals surface area contributed by atoms with E-state index in [1.807, 2.05) is 26.0 Å². The third-order valence-electron chi connectivity index (χ3n) is 4.31. The van der Waals surface area contributed by atoms with Crippen LogP contribution in [0, 0.1) is 5.92 Å². The molecule has 0 spiro atoms. The third kappa shape index (κ3) is 4.73. The molecular formula is C16H34O2Si. The molecule has 0 fully saturated rings. The molecule has 0 saturated heterocycles. The monoisotopic (exact) mass is 286 g/mol. The molecule has 3 heteroatoms. The molecule has 0 aliphatic rings. The molecule has 19 heavy (non-hydrogen) atoms.